The average molecular weight is 528 g/mol. The van der Waals surface area contributed by atoms with Crippen LogP contribution in [-0.2, 0) is 35.3 Å². The van der Waals surface area contributed by atoms with E-state index in [0.717, 1.165) is 17.5 Å². The fourth-order valence-electron chi connectivity index (χ4n) is 3.22. The van der Waals surface area contributed by atoms with Crippen LogP contribution in [0.4, 0.5) is 24.5 Å². The van der Waals surface area contributed by atoms with Crippen LogP contribution in [0.25, 0.3) is 6.08 Å². The number of ether oxygens (including phenoxy) is 2. The first-order chi connectivity index (χ1) is 17.0. The van der Waals surface area contributed by atoms with Gasteiger partial charge in [-0.3, -0.25) is 9.59 Å². The first-order valence-corrected chi connectivity index (χ1v) is 12.3. The van der Waals surface area contributed by atoms with Crippen LogP contribution in [0, 0.1) is 0 Å². The number of nitrogens with zero attached hydrogens (tertiary/aromatic N) is 1. The predicted octanol–water partition coefficient (Wildman–Crippen LogP) is 2.61. The molecule has 2 N–H and O–H groups in total. The number of nitrogens with one attached hydrogen (secondary N) is 2. The lowest BCUT2D eigenvalue weighted by Crippen LogP contribution is -2.37. The number of carbonyl (C=O) groups excluding carboxylic acids is 2. The zero-order valence-corrected chi connectivity index (χ0v) is 19.8. The number of rotatable bonds is 9. The molecule has 1 aliphatic rings. The van der Waals surface area contributed by atoms with E-state index in [2.05, 4.69) is 5.32 Å². The molecule has 0 atom stereocenters. The van der Waals surface area contributed by atoms with Crippen LogP contribution in [0.2, 0.25) is 0 Å². The van der Waals surface area contributed by atoms with Crippen molar-refractivity contribution in [3.8, 4) is 0 Å². The standard InChI is InChI=1S/C23H24F3N3O6S/c24-23(25,26)18-6-7-20(29-9-11-34-12-10-29)19(14-18)28-21(30)16-35-22(31)15-27-36(32,33)13-8-17-4-2-1-3-5-17/h1-8,13-14,27H,9-12,15-16H2,(H,28,30). The summed E-state index contributed by atoms with van der Waals surface area (Å²) in [5.41, 5.74) is -0.0543. The van der Waals surface area contributed by atoms with Gasteiger partial charge in [-0.05, 0) is 29.8 Å². The third-order valence-corrected chi connectivity index (χ3v) is 6.01. The number of halogens is 3. The molecule has 9 nitrogen and oxygen atoms in total. The second kappa shape index (κ2) is 12.0. The Kier molecular flexibility index (Phi) is 9.07. The minimum absolute atomic E-state index is 0.0977. The lowest BCUT2D eigenvalue weighted by Gasteiger charge is -2.31. The molecule has 0 bridgehead atoms. The first-order valence-electron chi connectivity index (χ1n) is 10.8. The van der Waals surface area contributed by atoms with Crippen molar-refractivity contribution in [2.45, 2.75) is 6.18 Å². The number of sulfonamides is 1. The van der Waals surface area contributed by atoms with Crippen molar-refractivity contribution < 1.29 is 40.7 Å². The molecule has 1 heterocycles. The van der Waals surface area contributed by atoms with Crippen molar-refractivity contribution >= 4 is 39.4 Å². The van der Waals surface area contributed by atoms with E-state index in [1.165, 1.54) is 12.1 Å². The normalized spacial score (nSPS) is 14.6. The van der Waals surface area contributed by atoms with E-state index in [4.69, 9.17) is 9.47 Å². The Hall–Kier alpha value is -3.42. The van der Waals surface area contributed by atoms with Gasteiger partial charge >= 0.3 is 12.1 Å². The van der Waals surface area contributed by atoms with Crippen LogP contribution in [0.1, 0.15) is 11.1 Å². The van der Waals surface area contributed by atoms with E-state index in [9.17, 15) is 31.2 Å². The summed E-state index contributed by atoms with van der Waals surface area (Å²) < 4.78 is 75.6. The summed E-state index contributed by atoms with van der Waals surface area (Å²) in [5, 5.41) is 3.22. The lowest BCUT2D eigenvalue weighted by molar-refractivity contribution is -0.146. The number of morpholine rings is 1. The Morgan fingerprint density at radius 3 is 2.44 bits per heavy atom. The number of hydrogen-bond donors (Lipinski definition) is 2. The Morgan fingerprint density at radius 1 is 1.08 bits per heavy atom. The summed E-state index contributed by atoms with van der Waals surface area (Å²) in [7, 11) is -3.95. The van der Waals surface area contributed by atoms with Gasteiger partial charge in [-0.15, -0.1) is 0 Å². The van der Waals surface area contributed by atoms with Gasteiger partial charge in [0, 0.05) is 18.5 Å². The number of hydrogen-bond acceptors (Lipinski definition) is 7. The zero-order valence-electron chi connectivity index (χ0n) is 19.0. The number of carbonyl (C=O) groups is 2. The molecule has 2 aromatic rings. The number of esters is 1. The number of amides is 1. The van der Waals surface area contributed by atoms with E-state index in [1.807, 2.05) is 4.72 Å². The van der Waals surface area contributed by atoms with Crippen molar-refractivity contribution in [2.24, 2.45) is 0 Å². The zero-order chi connectivity index (χ0) is 26.2. The molecule has 0 aromatic heterocycles. The Bertz CT molecular complexity index is 1200. The van der Waals surface area contributed by atoms with E-state index in [0.29, 0.717) is 37.6 Å². The second-order valence-corrected chi connectivity index (χ2v) is 9.27. The molecule has 1 amide bonds. The van der Waals surface area contributed by atoms with Gasteiger partial charge in [-0.1, -0.05) is 30.3 Å². The Labute approximate surface area is 205 Å². The predicted molar refractivity (Wildman–Crippen MR) is 126 cm³/mol. The summed E-state index contributed by atoms with van der Waals surface area (Å²) in [6, 6.07) is 11.6. The molecule has 3 rings (SSSR count). The number of benzene rings is 2. The van der Waals surface area contributed by atoms with Crippen molar-refractivity contribution in [3.63, 3.8) is 0 Å². The molecule has 0 saturated carbocycles. The van der Waals surface area contributed by atoms with E-state index >= 15 is 0 Å². The minimum atomic E-state index is -4.62. The Balaban J connectivity index is 1.56. The minimum Gasteiger partial charge on any atom is -0.455 e. The molecule has 1 fully saturated rings. The highest BCUT2D eigenvalue weighted by atomic mass is 32.2. The fourth-order valence-corrected chi connectivity index (χ4v) is 3.97. The monoisotopic (exact) mass is 527 g/mol. The van der Waals surface area contributed by atoms with Gasteiger partial charge in [0.2, 0.25) is 10.0 Å². The maximum Gasteiger partial charge on any atom is 0.416 e. The molecular formula is C23H24F3N3O6S. The van der Waals surface area contributed by atoms with E-state index < -0.39 is 46.8 Å². The number of anilines is 2. The Morgan fingerprint density at radius 2 is 1.78 bits per heavy atom. The summed E-state index contributed by atoms with van der Waals surface area (Å²) in [6.07, 6.45) is -3.29. The van der Waals surface area contributed by atoms with Crippen LogP contribution in [0.15, 0.2) is 53.9 Å². The maximum atomic E-state index is 13.2. The SMILES string of the molecule is O=C(COC(=O)CNS(=O)(=O)C=Cc1ccccc1)Nc1cc(C(F)(F)F)ccc1N1CCOCC1. The summed E-state index contributed by atoms with van der Waals surface area (Å²) in [5.74, 6) is -1.93. The highest BCUT2D eigenvalue weighted by Crippen LogP contribution is 2.35. The summed E-state index contributed by atoms with van der Waals surface area (Å²) >= 11 is 0. The van der Waals surface area contributed by atoms with Gasteiger partial charge in [-0.2, -0.15) is 13.2 Å². The molecular weight excluding hydrogens is 503 g/mol. The first kappa shape index (κ1) is 27.2. The van der Waals surface area contributed by atoms with Gasteiger partial charge in [-0.25, -0.2) is 13.1 Å². The van der Waals surface area contributed by atoms with Gasteiger partial charge < -0.3 is 19.7 Å². The second-order valence-electron chi connectivity index (χ2n) is 7.62. The molecule has 0 radical (unpaired) electrons. The molecule has 0 aliphatic carbocycles. The van der Waals surface area contributed by atoms with Crippen LogP contribution in [-0.4, -0.2) is 59.7 Å². The molecule has 0 unspecified atom stereocenters. The van der Waals surface area contributed by atoms with Gasteiger partial charge in [0.1, 0.15) is 6.54 Å². The highest BCUT2D eigenvalue weighted by Gasteiger charge is 2.32. The summed E-state index contributed by atoms with van der Waals surface area (Å²) in [6.45, 7) is 0.0334. The fraction of sp³-hybridized carbons (Fsp3) is 0.304. The molecule has 1 saturated heterocycles. The van der Waals surface area contributed by atoms with Crippen LogP contribution in [0.5, 0.6) is 0 Å². The molecule has 36 heavy (non-hydrogen) atoms. The van der Waals surface area contributed by atoms with Crippen molar-refractivity contribution in [1.82, 2.24) is 4.72 Å². The van der Waals surface area contributed by atoms with Crippen molar-refractivity contribution in [3.05, 3.63) is 65.1 Å². The molecule has 13 heteroatoms. The smallest absolute Gasteiger partial charge is 0.416 e. The van der Waals surface area contributed by atoms with Crippen LogP contribution >= 0.6 is 0 Å². The quantitative estimate of drug-likeness (QED) is 0.482. The van der Waals surface area contributed by atoms with Gasteiger partial charge in [0.25, 0.3) is 5.91 Å². The third-order valence-electron chi connectivity index (χ3n) is 4.97. The summed E-state index contributed by atoms with van der Waals surface area (Å²) in [4.78, 5) is 26.0. The third kappa shape index (κ3) is 8.36. The molecule has 194 valence electrons. The van der Waals surface area contributed by atoms with E-state index in [-0.39, 0.29) is 5.69 Å². The molecule has 1 aliphatic heterocycles. The van der Waals surface area contributed by atoms with E-state index in [1.54, 1.807) is 35.2 Å². The van der Waals surface area contributed by atoms with Gasteiger partial charge in [0.15, 0.2) is 6.61 Å². The van der Waals surface area contributed by atoms with Crippen molar-refractivity contribution in [2.75, 3.05) is 49.7 Å². The number of alkyl halides is 3. The topological polar surface area (TPSA) is 114 Å². The van der Waals surface area contributed by atoms with Crippen molar-refractivity contribution in [1.29, 1.82) is 0 Å². The maximum absolute atomic E-state index is 13.2. The average Bonchev–Trinajstić information content (AvgIpc) is 2.86. The molecule has 2 aromatic carbocycles. The highest BCUT2D eigenvalue weighted by molar-refractivity contribution is 7.92. The van der Waals surface area contributed by atoms with Gasteiger partial charge in [0.05, 0.1) is 30.2 Å². The lowest BCUT2D eigenvalue weighted by atomic mass is 10.1. The molecule has 0 spiro atoms. The van der Waals surface area contributed by atoms with Crippen LogP contribution in [0.3, 0.4) is 0 Å². The van der Waals surface area contributed by atoms with Crippen LogP contribution < -0.4 is 14.9 Å². The largest absolute Gasteiger partial charge is 0.455 e.